The predicted molar refractivity (Wildman–Crippen MR) is 97.1 cm³/mol. The van der Waals surface area contributed by atoms with Gasteiger partial charge in [-0.15, -0.1) is 0 Å². The fraction of sp³-hybridized carbons (Fsp3) is 0.750. The van der Waals surface area contributed by atoms with E-state index in [2.05, 4.69) is 6.92 Å². The van der Waals surface area contributed by atoms with Gasteiger partial charge in [-0.25, -0.2) is 0 Å². The number of rotatable bonds is 17. The summed E-state index contributed by atoms with van der Waals surface area (Å²) >= 11 is 0. The molecule has 0 rings (SSSR count). The normalized spacial score (nSPS) is 11.0. The SMILES string of the molecule is CCCCCCC(=O)/C=C/C(=O)CCCCCCCCCC(=O)O. The molecule has 0 unspecified atom stereocenters. The number of aliphatic carboxylic acids is 1. The summed E-state index contributed by atoms with van der Waals surface area (Å²) in [7, 11) is 0. The number of carboxylic acid groups (broad SMARTS) is 1. The molecule has 1 N–H and O–H groups in total. The Morgan fingerprint density at radius 1 is 0.625 bits per heavy atom. The molecular formula is C20H34O4. The lowest BCUT2D eigenvalue weighted by molar-refractivity contribution is -0.137. The zero-order valence-electron chi connectivity index (χ0n) is 15.2. The van der Waals surface area contributed by atoms with Crippen LogP contribution >= 0.6 is 0 Å². The highest BCUT2D eigenvalue weighted by Crippen LogP contribution is 2.10. The maximum atomic E-state index is 11.7. The van der Waals surface area contributed by atoms with E-state index in [-0.39, 0.29) is 18.0 Å². The van der Waals surface area contributed by atoms with E-state index in [1.807, 2.05) is 0 Å². The molecule has 0 aromatic carbocycles. The van der Waals surface area contributed by atoms with E-state index in [1.54, 1.807) is 0 Å². The standard InChI is InChI=1S/C20H34O4/c1-2-3-4-10-13-18(21)16-17-19(22)14-11-8-6-5-7-9-12-15-20(23)24/h16-17H,2-15H2,1H3,(H,23,24)/b17-16+. The highest BCUT2D eigenvalue weighted by Gasteiger charge is 2.01. The number of carbonyl (C=O) groups excluding carboxylic acids is 2. The Bertz CT molecular complexity index is 385. The molecule has 138 valence electrons. The number of hydrogen-bond donors (Lipinski definition) is 1. The zero-order valence-corrected chi connectivity index (χ0v) is 15.2. The van der Waals surface area contributed by atoms with Crippen molar-refractivity contribution < 1.29 is 19.5 Å². The van der Waals surface area contributed by atoms with Crippen molar-refractivity contribution in [3.8, 4) is 0 Å². The number of unbranched alkanes of at least 4 members (excludes halogenated alkanes) is 9. The van der Waals surface area contributed by atoms with Gasteiger partial charge in [0.1, 0.15) is 0 Å². The second-order valence-corrected chi connectivity index (χ2v) is 6.45. The first-order valence-corrected chi connectivity index (χ1v) is 9.51. The third-order valence-corrected chi connectivity index (χ3v) is 4.05. The van der Waals surface area contributed by atoms with Crippen LogP contribution in [0.3, 0.4) is 0 Å². The summed E-state index contributed by atoms with van der Waals surface area (Å²) in [5, 5.41) is 8.52. The molecule has 0 aromatic heterocycles. The van der Waals surface area contributed by atoms with Crippen molar-refractivity contribution in [2.24, 2.45) is 0 Å². The molecule has 0 saturated heterocycles. The summed E-state index contributed by atoms with van der Waals surface area (Å²) in [6, 6.07) is 0. The molecule has 0 amide bonds. The molecule has 0 atom stereocenters. The van der Waals surface area contributed by atoms with Gasteiger partial charge in [-0.05, 0) is 31.4 Å². The van der Waals surface area contributed by atoms with Crippen molar-refractivity contribution >= 4 is 17.5 Å². The maximum absolute atomic E-state index is 11.7. The Balaban J connectivity index is 3.47. The topological polar surface area (TPSA) is 71.4 Å². The average Bonchev–Trinajstić information content (AvgIpc) is 2.55. The van der Waals surface area contributed by atoms with E-state index >= 15 is 0 Å². The van der Waals surface area contributed by atoms with Crippen molar-refractivity contribution in [1.29, 1.82) is 0 Å². The van der Waals surface area contributed by atoms with Gasteiger partial charge >= 0.3 is 5.97 Å². The van der Waals surface area contributed by atoms with Gasteiger partial charge in [-0.3, -0.25) is 14.4 Å². The number of hydrogen-bond acceptors (Lipinski definition) is 3. The minimum Gasteiger partial charge on any atom is -0.481 e. The molecule has 4 heteroatoms. The molecule has 24 heavy (non-hydrogen) atoms. The van der Waals surface area contributed by atoms with Crippen molar-refractivity contribution in [3.63, 3.8) is 0 Å². The van der Waals surface area contributed by atoms with Crippen molar-refractivity contribution in [2.45, 2.75) is 96.8 Å². The Kier molecular flexibility index (Phi) is 15.4. The lowest BCUT2D eigenvalue weighted by Crippen LogP contribution is -1.97. The fourth-order valence-electron chi connectivity index (χ4n) is 2.54. The van der Waals surface area contributed by atoms with Gasteiger partial charge in [0.05, 0.1) is 0 Å². The van der Waals surface area contributed by atoms with E-state index in [0.717, 1.165) is 70.6 Å². The number of allylic oxidation sites excluding steroid dienone is 2. The van der Waals surface area contributed by atoms with Gasteiger partial charge in [0.25, 0.3) is 0 Å². The van der Waals surface area contributed by atoms with E-state index in [0.29, 0.717) is 12.8 Å². The summed E-state index contributed by atoms with van der Waals surface area (Å²) in [6.07, 6.45) is 15.4. The minimum atomic E-state index is -0.721. The number of carbonyl (C=O) groups is 3. The Morgan fingerprint density at radius 2 is 1.00 bits per heavy atom. The van der Waals surface area contributed by atoms with Gasteiger partial charge in [0.2, 0.25) is 0 Å². The monoisotopic (exact) mass is 338 g/mol. The molecule has 0 fully saturated rings. The van der Waals surface area contributed by atoms with Crippen LogP contribution in [0.25, 0.3) is 0 Å². The molecule has 0 aliphatic rings. The molecular weight excluding hydrogens is 304 g/mol. The summed E-state index contributed by atoms with van der Waals surface area (Å²) in [4.78, 5) is 33.6. The third-order valence-electron chi connectivity index (χ3n) is 4.05. The van der Waals surface area contributed by atoms with Gasteiger partial charge in [0, 0.05) is 19.3 Å². The summed E-state index contributed by atoms with van der Waals surface area (Å²) in [6.45, 7) is 2.14. The van der Waals surface area contributed by atoms with E-state index in [9.17, 15) is 14.4 Å². The second-order valence-electron chi connectivity index (χ2n) is 6.45. The van der Waals surface area contributed by atoms with Crippen molar-refractivity contribution in [1.82, 2.24) is 0 Å². The van der Waals surface area contributed by atoms with Crippen LogP contribution in [0.1, 0.15) is 96.8 Å². The average molecular weight is 338 g/mol. The van der Waals surface area contributed by atoms with Crippen LogP contribution in [-0.4, -0.2) is 22.6 Å². The maximum Gasteiger partial charge on any atom is 0.303 e. The second kappa shape index (κ2) is 16.4. The minimum absolute atomic E-state index is 0.0402. The van der Waals surface area contributed by atoms with Crippen molar-refractivity contribution in [3.05, 3.63) is 12.2 Å². The molecule has 4 nitrogen and oxygen atoms in total. The van der Waals surface area contributed by atoms with Crippen LogP contribution in [0.15, 0.2) is 12.2 Å². The number of ketones is 2. The molecule has 0 radical (unpaired) electrons. The van der Waals surface area contributed by atoms with Crippen LogP contribution in [0, 0.1) is 0 Å². The van der Waals surface area contributed by atoms with Crippen LogP contribution in [0.4, 0.5) is 0 Å². The van der Waals surface area contributed by atoms with E-state index in [1.165, 1.54) is 12.2 Å². The van der Waals surface area contributed by atoms with E-state index in [4.69, 9.17) is 5.11 Å². The first-order chi connectivity index (χ1) is 11.6. The molecule has 0 aromatic rings. The fourth-order valence-corrected chi connectivity index (χ4v) is 2.54. The quantitative estimate of drug-likeness (QED) is 0.290. The highest BCUT2D eigenvalue weighted by atomic mass is 16.4. The van der Waals surface area contributed by atoms with Crippen LogP contribution < -0.4 is 0 Å². The zero-order chi connectivity index (χ0) is 18.0. The van der Waals surface area contributed by atoms with Crippen LogP contribution in [0.2, 0.25) is 0 Å². The Hall–Kier alpha value is -1.45. The number of carboxylic acids is 1. The van der Waals surface area contributed by atoms with Crippen LogP contribution in [-0.2, 0) is 14.4 Å². The lowest BCUT2D eigenvalue weighted by atomic mass is 10.1. The summed E-state index contributed by atoms with van der Waals surface area (Å²) in [5.41, 5.74) is 0. The molecule has 0 aliphatic carbocycles. The van der Waals surface area contributed by atoms with Gasteiger partial charge in [-0.2, -0.15) is 0 Å². The van der Waals surface area contributed by atoms with Crippen molar-refractivity contribution in [2.75, 3.05) is 0 Å². The molecule has 0 spiro atoms. The first-order valence-electron chi connectivity index (χ1n) is 9.51. The largest absolute Gasteiger partial charge is 0.481 e. The summed E-state index contributed by atoms with van der Waals surface area (Å²) < 4.78 is 0. The lowest BCUT2D eigenvalue weighted by Gasteiger charge is -2.00. The van der Waals surface area contributed by atoms with Crippen LogP contribution in [0.5, 0.6) is 0 Å². The Morgan fingerprint density at radius 3 is 1.42 bits per heavy atom. The molecule has 0 heterocycles. The van der Waals surface area contributed by atoms with Gasteiger partial charge in [0.15, 0.2) is 11.6 Å². The molecule has 0 saturated carbocycles. The first kappa shape index (κ1) is 22.6. The van der Waals surface area contributed by atoms with E-state index < -0.39 is 5.97 Å². The third kappa shape index (κ3) is 16.9. The molecule has 0 aliphatic heterocycles. The smallest absolute Gasteiger partial charge is 0.303 e. The summed E-state index contributed by atoms with van der Waals surface area (Å²) in [5.74, 6) is -0.625. The highest BCUT2D eigenvalue weighted by molar-refractivity contribution is 5.98. The molecule has 0 bridgehead atoms. The predicted octanol–water partition coefficient (Wildman–Crippen LogP) is 5.25. The Labute approximate surface area is 146 Å². The van der Waals surface area contributed by atoms with Gasteiger partial charge < -0.3 is 5.11 Å². The van der Waals surface area contributed by atoms with Gasteiger partial charge in [-0.1, -0.05) is 58.3 Å².